The summed E-state index contributed by atoms with van der Waals surface area (Å²) >= 11 is 0. The zero-order chi connectivity index (χ0) is 44.1. The van der Waals surface area contributed by atoms with Gasteiger partial charge in [0.25, 0.3) is 0 Å². The highest BCUT2D eigenvalue weighted by Crippen LogP contribution is 2.58. The predicted molar refractivity (Wildman–Crippen MR) is 242 cm³/mol. The largest absolute Gasteiger partial charge is 0.453 e. The third kappa shape index (κ3) is 7.88. The number of H-pyrrole nitrogens is 1. The van der Waals surface area contributed by atoms with Gasteiger partial charge in [-0.2, -0.15) is 0 Å². The van der Waals surface area contributed by atoms with Gasteiger partial charge in [-0.15, -0.1) is 0 Å². The molecule has 13 nitrogen and oxygen atoms in total. The van der Waals surface area contributed by atoms with Crippen molar-refractivity contribution in [1.29, 1.82) is 0 Å². The van der Waals surface area contributed by atoms with Crippen LogP contribution in [-0.2, 0) is 25.5 Å². The molecule has 2 aliphatic carbocycles. The van der Waals surface area contributed by atoms with Crippen molar-refractivity contribution in [3.05, 3.63) is 83.3 Å². The number of hydrogen-bond donors (Lipinski definition) is 3. The van der Waals surface area contributed by atoms with Crippen LogP contribution in [0.25, 0.3) is 33.5 Å². The van der Waals surface area contributed by atoms with Crippen LogP contribution in [-0.4, -0.2) is 94.9 Å². The highest BCUT2D eigenvalue weighted by atomic mass is 16.5. The van der Waals surface area contributed by atoms with Crippen molar-refractivity contribution in [2.24, 2.45) is 16.8 Å². The molecule has 5 aliphatic rings. The third-order valence-electron chi connectivity index (χ3n) is 14.2. The summed E-state index contributed by atoms with van der Waals surface area (Å²) in [5.41, 5.74) is 13.0. The van der Waals surface area contributed by atoms with Crippen molar-refractivity contribution in [3.63, 3.8) is 0 Å². The van der Waals surface area contributed by atoms with E-state index in [0.29, 0.717) is 31.3 Å². The van der Waals surface area contributed by atoms with Gasteiger partial charge in [-0.05, 0) is 120 Å². The number of nitrogens with zero attached hydrogens (tertiary/aromatic N) is 4. The molecule has 4 heterocycles. The van der Waals surface area contributed by atoms with Gasteiger partial charge in [0.15, 0.2) is 0 Å². The fraction of sp³-hybridized carbons (Fsp3) is 0.480. The molecule has 3 aliphatic heterocycles. The van der Waals surface area contributed by atoms with Crippen molar-refractivity contribution < 1.29 is 28.7 Å². The minimum Gasteiger partial charge on any atom is -0.453 e. The molecule has 3 aromatic carbocycles. The van der Waals surface area contributed by atoms with Crippen molar-refractivity contribution >= 4 is 35.4 Å². The standard InChI is InChI=1S/C50H59N7O6/c1-27(2)44(54-49(60)62-5)47(58)56-21-7-9-40(56)38-25-34-23-31(17-20-37(34)52-38)29-11-13-30(14-12-29)35-18-19-36(43-33-16-15-32(24-33)42(35)43)39-26-51-46(53-39)41-10-8-22-57(41)48(59)45(28(3)4)55-50(61)63-6/h11-14,17-20,23,26-28,32-33,40-41,44-45H,7-10,15-16,21-22,24-25H2,1-6H3,(H,51,53)(H,54,60)(H,55,61)/t32?,33?,40?,41?,44-,45-/m0/s1. The number of hydrogen-bond acceptors (Lipinski definition) is 8. The average Bonchev–Trinajstić information content (AvgIpc) is 4.16. The van der Waals surface area contributed by atoms with Crippen LogP contribution in [0.1, 0.15) is 113 Å². The Balaban J connectivity index is 0.918. The van der Waals surface area contributed by atoms with Crippen LogP contribution >= 0.6 is 0 Å². The number of methoxy groups -OCH3 is 2. The van der Waals surface area contributed by atoms with Gasteiger partial charge < -0.3 is 34.9 Å². The maximum Gasteiger partial charge on any atom is 0.407 e. The molecule has 2 bridgehead atoms. The highest BCUT2D eigenvalue weighted by molar-refractivity contribution is 6.01. The second-order valence-electron chi connectivity index (χ2n) is 18.7. The van der Waals surface area contributed by atoms with Crippen LogP contribution in [0.4, 0.5) is 15.3 Å². The van der Waals surface area contributed by atoms with E-state index >= 15 is 0 Å². The summed E-state index contributed by atoms with van der Waals surface area (Å²) in [5.74, 6) is 1.43. The molecule has 4 unspecified atom stereocenters. The summed E-state index contributed by atoms with van der Waals surface area (Å²) in [5, 5.41) is 5.49. The topological polar surface area (TPSA) is 158 Å². The Bertz CT molecular complexity index is 2460. The lowest BCUT2D eigenvalue weighted by molar-refractivity contribution is -0.135. The first-order valence-corrected chi connectivity index (χ1v) is 22.8. The number of imidazole rings is 1. The number of fused-ring (bicyclic) bond motifs is 6. The van der Waals surface area contributed by atoms with Crippen LogP contribution in [0.3, 0.4) is 0 Å². The molecule has 1 aromatic heterocycles. The van der Waals surface area contributed by atoms with Crippen LogP contribution in [0.2, 0.25) is 0 Å². The summed E-state index contributed by atoms with van der Waals surface area (Å²) in [6, 6.07) is 18.3. The molecule has 1 saturated carbocycles. The Morgan fingerprint density at radius 1 is 0.698 bits per heavy atom. The minimum absolute atomic E-state index is 0.0843. The fourth-order valence-corrected chi connectivity index (χ4v) is 11.0. The van der Waals surface area contributed by atoms with E-state index in [4.69, 9.17) is 19.5 Å². The molecule has 9 rings (SSSR count). The average molecular weight is 854 g/mol. The first-order valence-electron chi connectivity index (χ1n) is 22.8. The van der Waals surface area contributed by atoms with Gasteiger partial charge in [0.05, 0.1) is 43.9 Å². The Hall–Kier alpha value is -5.98. The smallest absolute Gasteiger partial charge is 0.407 e. The summed E-state index contributed by atoms with van der Waals surface area (Å²) < 4.78 is 9.63. The van der Waals surface area contributed by atoms with Gasteiger partial charge in [0, 0.05) is 30.8 Å². The fourth-order valence-electron chi connectivity index (χ4n) is 11.0. The molecule has 3 N–H and O–H groups in total. The number of aromatic nitrogens is 2. The number of carbonyl (C=O) groups is 4. The van der Waals surface area contributed by atoms with Crippen LogP contribution in [0, 0.1) is 11.8 Å². The molecule has 0 radical (unpaired) electrons. The summed E-state index contributed by atoms with van der Waals surface area (Å²) in [6.45, 7) is 8.97. The molecule has 0 spiro atoms. The molecule has 330 valence electrons. The quantitative estimate of drug-likeness (QED) is 0.136. The zero-order valence-corrected chi connectivity index (χ0v) is 37.2. The van der Waals surface area contributed by atoms with Gasteiger partial charge >= 0.3 is 12.2 Å². The number of benzene rings is 3. The third-order valence-corrected chi connectivity index (χ3v) is 14.2. The number of amides is 4. The number of carbonyl (C=O) groups excluding carboxylic acids is 4. The molecule has 3 fully saturated rings. The molecule has 4 aromatic rings. The number of aliphatic imine (C=N–C) groups is 1. The van der Waals surface area contributed by atoms with Gasteiger partial charge in [-0.1, -0.05) is 70.2 Å². The Morgan fingerprint density at radius 2 is 1.25 bits per heavy atom. The van der Waals surface area contributed by atoms with Crippen LogP contribution in [0.5, 0.6) is 0 Å². The van der Waals surface area contributed by atoms with E-state index in [-0.39, 0.29) is 35.7 Å². The lowest BCUT2D eigenvalue weighted by atomic mass is 9.82. The molecule has 63 heavy (non-hydrogen) atoms. The van der Waals surface area contributed by atoms with Crippen molar-refractivity contribution in [1.82, 2.24) is 30.4 Å². The van der Waals surface area contributed by atoms with E-state index < -0.39 is 24.3 Å². The molecular formula is C50H59N7O6. The Labute approximate surface area is 369 Å². The number of alkyl carbamates (subject to hydrolysis) is 2. The SMILES string of the molecule is COC(=O)N[C@H](C(=O)N1CCCC1C1=Nc2ccc(-c3ccc(-c4ccc(-c5cnc(C6CCCN6C(=O)[C@@H](NC(=O)OC)C(C)C)[nH]5)c5c4C4CCC5C4)cc3)cc2C1)C(C)C. The van der Waals surface area contributed by atoms with E-state index in [0.717, 1.165) is 65.3 Å². The molecule has 2 saturated heterocycles. The normalized spacial score (nSPS) is 21.9. The number of aromatic amines is 1. The molecule has 6 atom stereocenters. The number of likely N-dealkylation sites (tertiary alicyclic amines) is 2. The second kappa shape index (κ2) is 17.3. The van der Waals surface area contributed by atoms with Crippen LogP contribution < -0.4 is 10.6 Å². The van der Waals surface area contributed by atoms with Gasteiger partial charge in [0.1, 0.15) is 17.9 Å². The monoisotopic (exact) mass is 853 g/mol. The maximum atomic E-state index is 13.8. The highest BCUT2D eigenvalue weighted by Gasteiger charge is 2.42. The van der Waals surface area contributed by atoms with Gasteiger partial charge in [-0.25, -0.2) is 14.6 Å². The number of ether oxygens (including phenoxy) is 2. The van der Waals surface area contributed by atoms with Crippen molar-refractivity contribution in [2.45, 2.75) is 115 Å². The first kappa shape index (κ1) is 42.3. The Kier molecular flexibility index (Phi) is 11.6. The van der Waals surface area contributed by atoms with E-state index in [2.05, 4.69) is 70.2 Å². The number of nitrogens with one attached hydrogen (secondary N) is 3. The van der Waals surface area contributed by atoms with Gasteiger partial charge in [0.2, 0.25) is 11.8 Å². The van der Waals surface area contributed by atoms with Crippen molar-refractivity contribution in [2.75, 3.05) is 27.3 Å². The van der Waals surface area contributed by atoms with E-state index in [1.165, 1.54) is 61.3 Å². The van der Waals surface area contributed by atoms with E-state index in [9.17, 15) is 19.2 Å². The zero-order valence-electron chi connectivity index (χ0n) is 37.2. The summed E-state index contributed by atoms with van der Waals surface area (Å²) in [7, 11) is 2.62. The first-order chi connectivity index (χ1) is 30.4. The van der Waals surface area contributed by atoms with Crippen LogP contribution in [0.15, 0.2) is 65.8 Å². The maximum absolute atomic E-state index is 13.8. The van der Waals surface area contributed by atoms with E-state index in [1.54, 1.807) is 0 Å². The summed E-state index contributed by atoms with van der Waals surface area (Å²) in [4.78, 5) is 69.0. The lowest BCUT2D eigenvalue weighted by Gasteiger charge is -2.30. The van der Waals surface area contributed by atoms with E-state index in [1.807, 2.05) is 43.7 Å². The Morgan fingerprint density at radius 3 is 1.87 bits per heavy atom. The predicted octanol–water partition coefficient (Wildman–Crippen LogP) is 8.82. The molecular weight excluding hydrogens is 795 g/mol. The summed E-state index contributed by atoms with van der Waals surface area (Å²) in [6.07, 6.45) is 8.38. The lowest BCUT2D eigenvalue weighted by Crippen LogP contribution is -2.53. The molecule has 4 amide bonds. The van der Waals surface area contributed by atoms with Crippen molar-refractivity contribution in [3.8, 4) is 33.5 Å². The minimum atomic E-state index is -0.680. The second-order valence-corrected chi connectivity index (χ2v) is 18.7. The van der Waals surface area contributed by atoms with Gasteiger partial charge in [-0.3, -0.25) is 14.6 Å². The number of rotatable bonds is 11. The molecule has 13 heteroatoms.